The maximum absolute atomic E-state index is 12.6. The van der Waals surface area contributed by atoms with E-state index in [0.717, 1.165) is 28.0 Å². The first kappa shape index (κ1) is 22.3. The van der Waals surface area contributed by atoms with E-state index in [1.807, 2.05) is 43.5 Å². The molecule has 4 aromatic rings. The summed E-state index contributed by atoms with van der Waals surface area (Å²) >= 11 is 13.3. The van der Waals surface area contributed by atoms with Gasteiger partial charge in [-0.25, -0.2) is 9.67 Å². The molecule has 164 valence electrons. The van der Waals surface area contributed by atoms with Gasteiger partial charge in [0.15, 0.2) is 0 Å². The Morgan fingerprint density at radius 1 is 1.06 bits per heavy atom. The van der Waals surface area contributed by atoms with Gasteiger partial charge in [-0.05, 0) is 66.2 Å². The van der Waals surface area contributed by atoms with E-state index in [9.17, 15) is 4.79 Å². The standard InChI is InChI=1S/C23H20Cl2N4O2S/c1-14-5-15(2)7-18(6-14)31-11-17-9-21(32-12-17)22(30)27-23-26-13-29(28-23)10-16-3-4-19(24)20(25)8-16/h3-9,12-13H,10-11H2,1-2H3,(H,27,28,30). The van der Waals surface area contributed by atoms with Crippen molar-refractivity contribution in [3.63, 3.8) is 0 Å². The average molecular weight is 487 g/mol. The molecule has 0 fully saturated rings. The number of thiophene rings is 1. The highest BCUT2D eigenvalue weighted by molar-refractivity contribution is 7.12. The molecule has 0 atom stereocenters. The van der Waals surface area contributed by atoms with Crippen molar-refractivity contribution in [2.45, 2.75) is 27.0 Å². The maximum Gasteiger partial charge on any atom is 0.268 e. The van der Waals surface area contributed by atoms with Crippen LogP contribution in [0.25, 0.3) is 0 Å². The van der Waals surface area contributed by atoms with Gasteiger partial charge in [-0.3, -0.25) is 10.1 Å². The number of anilines is 1. The molecule has 6 nitrogen and oxygen atoms in total. The highest BCUT2D eigenvalue weighted by Gasteiger charge is 2.13. The lowest BCUT2D eigenvalue weighted by Gasteiger charge is -2.07. The Balaban J connectivity index is 1.34. The van der Waals surface area contributed by atoms with Gasteiger partial charge in [0.2, 0.25) is 5.95 Å². The smallest absolute Gasteiger partial charge is 0.268 e. The van der Waals surface area contributed by atoms with Crippen LogP contribution in [0.5, 0.6) is 5.75 Å². The number of hydrogen-bond donors (Lipinski definition) is 1. The predicted octanol–water partition coefficient (Wildman–Crippen LogP) is 6.14. The number of hydrogen-bond acceptors (Lipinski definition) is 5. The molecule has 0 aliphatic rings. The van der Waals surface area contributed by atoms with Crippen molar-refractivity contribution in [1.29, 1.82) is 0 Å². The molecule has 2 aromatic heterocycles. The largest absolute Gasteiger partial charge is 0.489 e. The van der Waals surface area contributed by atoms with E-state index in [-0.39, 0.29) is 11.9 Å². The van der Waals surface area contributed by atoms with E-state index >= 15 is 0 Å². The zero-order valence-corrected chi connectivity index (χ0v) is 19.8. The Morgan fingerprint density at radius 3 is 2.59 bits per heavy atom. The topological polar surface area (TPSA) is 69.0 Å². The zero-order valence-electron chi connectivity index (χ0n) is 17.4. The van der Waals surface area contributed by atoms with Gasteiger partial charge < -0.3 is 4.74 Å². The number of nitrogens with one attached hydrogen (secondary N) is 1. The second-order valence-electron chi connectivity index (χ2n) is 7.40. The molecular formula is C23H20Cl2N4O2S. The number of halogens is 2. The van der Waals surface area contributed by atoms with Crippen molar-refractivity contribution in [2.75, 3.05) is 5.32 Å². The fraction of sp³-hybridized carbons (Fsp3) is 0.174. The van der Waals surface area contributed by atoms with Crippen LogP contribution in [0.3, 0.4) is 0 Å². The van der Waals surface area contributed by atoms with E-state index in [0.29, 0.717) is 28.1 Å². The Bertz CT molecular complexity index is 1250. The van der Waals surface area contributed by atoms with Gasteiger partial charge in [-0.15, -0.1) is 16.4 Å². The summed E-state index contributed by atoms with van der Waals surface area (Å²) in [6.07, 6.45) is 1.55. The number of aryl methyl sites for hydroxylation is 2. The summed E-state index contributed by atoms with van der Waals surface area (Å²) in [5.74, 6) is 0.785. The van der Waals surface area contributed by atoms with Gasteiger partial charge in [0.25, 0.3) is 5.91 Å². The van der Waals surface area contributed by atoms with Crippen molar-refractivity contribution in [3.8, 4) is 5.75 Å². The average Bonchev–Trinajstić information content (AvgIpc) is 3.38. The Morgan fingerprint density at radius 2 is 1.84 bits per heavy atom. The minimum absolute atomic E-state index is 0.233. The van der Waals surface area contributed by atoms with Crippen LogP contribution in [0.4, 0.5) is 5.95 Å². The molecule has 2 aromatic carbocycles. The van der Waals surface area contributed by atoms with Crippen LogP contribution in [0, 0.1) is 13.8 Å². The number of carbonyl (C=O) groups is 1. The van der Waals surface area contributed by atoms with Crippen LogP contribution in [0.15, 0.2) is 54.2 Å². The molecule has 0 saturated heterocycles. The Hall–Kier alpha value is -2.87. The summed E-state index contributed by atoms with van der Waals surface area (Å²) in [7, 11) is 0. The molecule has 0 bridgehead atoms. The monoisotopic (exact) mass is 486 g/mol. The number of ether oxygens (including phenoxy) is 1. The first-order valence-corrected chi connectivity index (χ1v) is 11.4. The summed E-state index contributed by atoms with van der Waals surface area (Å²) < 4.78 is 7.49. The SMILES string of the molecule is Cc1cc(C)cc(OCc2csc(C(=O)Nc3ncn(Cc4ccc(Cl)c(Cl)c4)n3)c2)c1. The van der Waals surface area contributed by atoms with E-state index in [1.165, 1.54) is 11.3 Å². The summed E-state index contributed by atoms with van der Waals surface area (Å²) in [6.45, 7) is 4.92. The third kappa shape index (κ3) is 5.68. The molecule has 0 unspecified atom stereocenters. The van der Waals surface area contributed by atoms with Gasteiger partial charge >= 0.3 is 0 Å². The second-order valence-corrected chi connectivity index (χ2v) is 9.13. The molecule has 9 heteroatoms. The zero-order chi connectivity index (χ0) is 22.7. The van der Waals surface area contributed by atoms with Crippen molar-refractivity contribution < 1.29 is 9.53 Å². The van der Waals surface area contributed by atoms with E-state index in [2.05, 4.69) is 21.5 Å². The van der Waals surface area contributed by atoms with Gasteiger partial charge in [0, 0.05) is 5.56 Å². The molecule has 4 rings (SSSR count). The number of benzene rings is 2. The molecule has 32 heavy (non-hydrogen) atoms. The molecular weight excluding hydrogens is 467 g/mol. The van der Waals surface area contributed by atoms with Crippen LogP contribution in [0.2, 0.25) is 10.0 Å². The van der Waals surface area contributed by atoms with E-state index in [1.54, 1.807) is 23.1 Å². The highest BCUT2D eigenvalue weighted by atomic mass is 35.5. The first-order chi connectivity index (χ1) is 15.4. The summed E-state index contributed by atoms with van der Waals surface area (Å²) in [6, 6.07) is 13.3. The summed E-state index contributed by atoms with van der Waals surface area (Å²) in [5, 5.41) is 9.91. The molecule has 0 aliphatic heterocycles. The number of nitrogens with zero attached hydrogens (tertiary/aromatic N) is 3. The second kappa shape index (κ2) is 9.73. The van der Waals surface area contributed by atoms with Crippen LogP contribution < -0.4 is 10.1 Å². The van der Waals surface area contributed by atoms with Crippen molar-refractivity contribution in [1.82, 2.24) is 14.8 Å². The van der Waals surface area contributed by atoms with Crippen LogP contribution in [-0.2, 0) is 13.2 Å². The van der Waals surface area contributed by atoms with Crippen molar-refractivity contribution in [2.24, 2.45) is 0 Å². The fourth-order valence-electron chi connectivity index (χ4n) is 3.17. The number of rotatable bonds is 7. The van der Waals surface area contributed by atoms with Crippen LogP contribution in [-0.4, -0.2) is 20.7 Å². The van der Waals surface area contributed by atoms with Gasteiger partial charge in [-0.1, -0.05) is 35.3 Å². The molecule has 1 N–H and O–H groups in total. The molecule has 1 amide bonds. The predicted molar refractivity (Wildman–Crippen MR) is 128 cm³/mol. The summed E-state index contributed by atoms with van der Waals surface area (Å²) in [4.78, 5) is 17.3. The van der Waals surface area contributed by atoms with E-state index in [4.69, 9.17) is 27.9 Å². The molecule has 0 radical (unpaired) electrons. The van der Waals surface area contributed by atoms with E-state index < -0.39 is 0 Å². The molecule has 2 heterocycles. The third-order valence-electron chi connectivity index (χ3n) is 4.57. The van der Waals surface area contributed by atoms with Gasteiger partial charge in [0.05, 0.1) is 21.5 Å². The summed E-state index contributed by atoms with van der Waals surface area (Å²) in [5.41, 5.74) is 4.15. The number of amides is 1. The maximum atomic E-state index is 12.6. The minimum Gasteiger partial charge on any atom is -0.489 e. The molecule has 0 saturated carbocycles. The molecule has 0 spiro atoms. The van der Waals surface area contributed by atoms with Crippen molar-refractivity contribution in [3.05, 3.63) is 91.3 Å². The number of aromatic nitrogens is 3. The number of carbonyl (C=O) groups excluding carboxylic acids is 1. The minimum atomic E-state index is -0.264. The van der Waals surface area contributed by atoms with Gasteiger partial charge in [0.1, 0.15) is 18.7 Å². The van der Waals surface area contributed by atoms with Crippen molar-refractivity contribution >= 4 is 46.4 Å². The van der Waals surface area contributed by atoms with Gasteiger partial charge in [-0.2, -0.15) is 0 Å². The fourth-order valence-corrected chi connectivity index (χ4v) is 4.28. The normalized spacial score (nSPS) is 10.9. The lowest BCUT2D eigenvalue weighted by Crippen LogP contribution is -2.12. The lowest BCUT2D eigenvalue weighted by atomic mass is 10.1. The quantitative estimate of drug-likeness (QED) is 0.340. The molecule has 0 aliphatic carbocycles. The third-order valence-corrected chi connectivity index (χ3v) is 6.29. The van der Waals surface area contributed by atoms with Crippen LogP contribution in [0.1, 0.15) is 31.9 Å². The lowest BCUT2D eigenvalue weighted by molar-refractivity contribution is 0.102. The van der Waals surface area contributed by atoms with Crippen LogP contribution >= 0.6 is 34.5 Å². The highest BCUT2D eigenvalue weighted by Crippen LogP contribution is 2.23. The Labute approximate surface area is 199 Å². The first-order valence-electron chi connectivity index (χ1n) is 9.79. The Kier molecular flexibility index (Phi) is 6.79.